The SMILES string of the molecule is CC(C)(C)[Si](C)(C)Oc1cn(-c2ccccc2F)cn1. The lowest BCUT2D eigenvalue weighted by molar-refractivity contribution is 0.478. The summed E-state index contributed by atoms with van der Waals surface area (Å²) in [6, 6.07) is 6.62. The molecule has 108 valence electrons. The van der Waals surface area contributed by atoms with Crippen molar-refractivity contribution >= 4 is 8.32 Å². The van der Waals surface area contributed by atoms with Gasteiger partial charge in [-0.1, -0.05) is 32.9 Å². The number of hydrogen-bond donors (Lipinski definition) is 0. The Hall–Kier alpha value is -1.62. The second-order valence-corrected chi connectivity index (χ2v) is 11.2. The maximum Gasteiger partial charge on any atom is 0.252 e. The molecule has 1 heterocycles. The maximum absolute atomic E-state index is 13.7. The fourth-order valence-electron chi connectivity index (χ4n) is 1.56. The van der Waals surface area contributed by atoms with Gasteiger partial charge in [-0.05, 0) is 30.3 Å². The molecular formula is C15H21FN2OSi. The summed E-state index contributed by atoms with van der Waals surface area (Å²) in [4.78, 5) is 4.24. The van der Waals surface area contributed by atoms with Crippen molar-refractivity contribution in [1.82, 2.24) is 9.55 Å². The van der Waals surface area contributed by atoms with Crippen molar-refractivity contribution in [3.05, 3.63) is 42.6 Å². The van der Waals surface area contributed by atoms with E-state index in [2.05, 4.69) is 38.8 Å². The van der Waals surface area contributed by atoms with Crippen LogP contribution in [0.5, 0.6) is 5.88 Å². The Morgan fingerprint density at radius 2 is 1.85 bits per heavy atom. The molecule has 0 saturated carbocycles. The first-order valence-corrected chi connectivity index (χ1v) is 9.59. The number of imidazole rings is 1. The summed E-state index contributed by atoms with van der Waals surface area (Å²) in [5.74, 6) is 0.281. The number of para-hydroxylation sites is 1. The van der Waals surface area contributed by atoms with E-state index in [1.165, 1.54) is 6.07 Å². The van der Waals surface area contributed by atoms with Crippen LogP contribution in [0, 0.1) is 5.82 Å². The Balaban J connectivity index is 2.25. The van der Waals surface area contributed by atoms with Gasteiger partial charge in [0.1, 0.15) is 12.1 Å². The molecule has 0 unspecified atom stereocenters. The van der Waals surface area contributed by atoms with Crippen LogP contribution in [0.3, 0.4) is 0 Å². The van der Waals surface area contributed by atoms with Crippen molar-refractivity contribution in [3.8, 4) is 11.6 Å². The average molecular weight is 292 g/mol. The first kappa shape index (κ1) is 14.8. The number of aromatic nitrogens is 2. The van der Waals surface area contributed by atoms with Gasteiger partial charge in [0.15, 0.2) is 0 Å². The van der Waals surface area contributed by atoms with Crippen LogP contribution in [-0.2, 0) is 0 Å². The molecule has 0 atom stereocenters. The zero-order chi connectivity index (χ0) is 15.0. The third kappa shape index (κ3) is 2.93. The Labute approximate surface area is 120 Å². The van der Waals surface area contributed by atoms with Crippen molar-refractivity contribution in [2.75, 3.05) is 0 Å². The minimum Gasteiger partial charge on any atom is -0.530 e. The van der Waals surface area contributed by atoms with Crippen LogP contribution in [0.1, 0.15) is 20.8 Å². The smallest absolute Gasteiger partial charge is 0.252 e. The molecule has 0 spiro atoms. The summed E-state index contributed by atoms with van der Waals surface area (Å²) in [6.07, 6.45) is 3.32. The van der Waals surface area contributed by atoms with Crippen LogP contribution in [0.4, 0.5) is 4.39 Å². The van der Waals surface area contributed by atoms with Gasteiger partial charge < -0.3 is 4.43 Å². The lowest BCUT2D eigenvalue weighted by Crippen LogP contribution is -2.43. The quantitative estimate of drug-likeness (QED) is 0.784. The molecule has 0 radical (unpaired) electrons. The van der Waals surface area contributed by atoms with Crippen LogP contribution in [0.2, 0.25) is 18.1 Å². The predicted molar refractivity (Wildman–Crippen MR) is 81.3 cm³/mol. The molecule has 2 rings (SSSR count). The summed E-state index contributed by atoms with van der Waals surface area (Å²) in [5.41, 5.74) is 0.477. The van der Waals surface area contributed by atoms with Gasteiger partial charge >= 0.3 is 0 Å². The summed E-state index contributed by atoms with van der Waals surface area (Å²) in [6.45, 7) is 10.8. The summed E-state index contributed by atoms with van der Waals surface area (Å²) in [5, 5.41) is 0.106. The monoisotopic (exact) mass is 292 g/mol. The van der Waals surface area contributed by atoms with E-state index in [0.717, 1.165) is 0 Å². The van der Waals surface area contributed by atoms with E-state index in [4.69, 9.17) is 4.43 Å². The fraction of sp³-hybridized carbons (Fsp3) is 0.400. The van der Waals surface area contributed by atoms with Crippen molar-refractivity contribution in [1.29, 1.82) is 0 Å². The molecular weight excluding hydrogens is 271 g/mol. The number of rotatable bonds is 3. The molecule has 0 aliphatic heterocycles. The van der Waals surface area contributed by atoms with Gasteiger partial charge in [-0.3, -0.25) is 4.57 Å². The number of hydrogen-bond acceptors (Lipinski definition) is 2. The minimum atomic E-state index is -1.92. The van der Waals surface area contributed by atoms with Crippen molar-refractivity contribution in [2.45, 2.75) is 38.9 Å². The zero-order valence-corrected chi connectivity index (χ0v) is 13.6. The molecule has 20 heavy (non-hydrogen) atoms. The highest BCUT2D eigenvalue weighted by molar-refractivity contribution is 6.74. The van der Waals surface area contributed by atoms with Crippen molar-refractivity contribution in [2.24, 2.45) is 0 Å². The normalized spacial score (nSPS) is 12.5. The van der Waals surface area contributed by atoms with Crippen LogP contribution in [0.25, 0.3) is 5.69 Å². The molecule has 0 aliphatic carbocycles. The van der Waals surface area contributed by atoms with Crippen LogP contribution < -0.4 is 4.43 Å². The minimum absolute atomic E-state index is 0.106. The van der Waals surface area contributed by atoms with E-state index in [1.807, 2.05) is 0 Å². The molecule has 0 amide bonds. The highest BCUT2D eigenvalue weighted by atomic mass is 28.4. The molecule has 0 bridgehead atoms. The van der Waals surface area contributed by atoms with Crippen LogP contribution in [0.15, 0.2) is 36.8 Å². The third-order valence-corrected chi connectivity index (χ3v) is 8.19. The molecule has 5 heteroatoms. The van der Waals surface area contributed by atoms with Gasteiger partial charge in [0.25, 0.3) is 8.32 Å². The third-order valence-electron chi connectivity index (χ3n) is 3.86. The number of benzene rings is 1. The second-order valence-electron chi connectivity index (χ2n) is 6.43. The number of nitrogens with zero attached hydrogens (tertiary/aromatic N) is 2. The van der Waals surface area contributed by atoms with Crippen molar-refractivity contribution in [3.63, 3.8) is 0 Å². The lowest BCUT2D eigenvalue weighted by Gasteiger charge is -2.35. The zero-order valence-electron chi connectivity index (χ0n) is 12.6. The summed E-state index contributed by atoms with van der Waals surface area (Å²) in [7, 11) is -1.92. The Morgan fingerprint density at radius 3 is 2.45 bits per heavy atom. The van der Waals surface area contributed by atoms with Crippen molar-refractivity contribution < 1.29 is 8.82 Å². The average Bonchev–Trinajstić information content (AvgIpc) is 2.75. The molecule has 1 aromatic heterocycles. The molecule has 1 aromatic carbocycles. The van der Waals surface area contributed by atoms with E-state index >= 15 is 0 Å². The largest absolute Gasteiger partial charge is 0.530 e. The lowest BCUT2D eigenvalue weighted by atomic mass is 10.2. The molecule has 3 nitrogen and oxygen atoms in total. The van der Waals surface area contributed by atoms with E-state index in [1.54, 1.807) is 35.3 Å². The van der Waals surface area contributed by atoms with E-state index in [-0.39, 0.29) is 10.9 Å². The summed E-state index contributed by atoms with van der Waals surface area (Å²) >= 11 is 0. The molecule has 0 N–H and O–H groups in total. The standard InChI is InChI=1S/C15H21FN2OSi/c1-15(2,3)20(4,5)19-14-10-18(11-17-14)13-9-7-6-8-12(13)16/h6-11H,1-5H3. The topological polar surface area (TPSA) is 27.1 Å². The van der Waals surface area contributed by atoms with E-state index in [9.17, 15) is 4.39 Å². The molecule has 0 aliphatic rings. The highest BCUT2D eigenvalue weighted by Gasteiger charge is 2.39. The fourth-order valence-corrected chi connectivity index (χ4v) is 2.50. The maximum atomic E-state index is 13.7. The summed E-state index contributed by atoms with van der Waals surface area (Å²) < 4.78 is 21.5. The van der Waals surface area contributed by atoms with Gasteiger partial charge in [0, 0.05) is 0 Å². The second kappa shape index (κ2) is 5.05. The molecule has 2 aromatic rings. The Kier molecular flexibility index (Phi) is 3.73. The molecule has 0 fully saturated rings. The number of halogens is 1. The van der Waals surface area contributed by atoms with Gasteiger partial charge in [-0.15, -0.1) is 0 Å². The van der Waals surface area contributed by atoms with Gasteiger partial charge in [-0.25, -0.2) is 9.37 Å². The van der Waals surface area contributed by atoms with Crippen LogP contribution >= 0.6 is 0 Å². The Morgan fingerprint density at radius 1 is 1.20 bits per heavy atom. The van der Waals surface area contributed by atoms with E-state index < -0.39 is 8.32 Å². The van der Waals surface area contributed by atoms with Gasteiger partial charge in [0.05, 0.1) is 11.9 Å². The first-order chi connectivity index (χ1) is 9.21. The van der Waals surface area contributed by atoms with Gasteiger partial charge in [-0.2, -0.15) is 0 Å². The van der Waals surface area contributed by atoms with Gasteiger partial charge in [0.2, 0.25) is 5.88 Å². The predicted octanol–water partition coefficient (Wildman–Crippen LogP) is 4.40. The Bertz CT molecular complexity index is 602. The highest BCUT2D eigenvalue weighted by Crippen LogP contribution is 2.37. The van der Waals surface area contributed by atoms with Crippen LogP contribution in [-0.4, -0.2) is 17.9 Å². The van der Waals surface area contributed by atoms with E-state index in [0.29, 0.717) is 11.6 Å². The first-order valence-electron chi connectivity index (χ1n) is 6.69. The molecule has 0 saturated heterocycles.